The van der Waals surface area contributed by atoms with Gasteiger partial charge in [-0.1, -0.05) is 19.0 Å². The van der Waals surface area contributed by atoms with Gasteiger partial charge in [0, 0.05) is 5.92 Å². The van der Waals surface area contributed by atoms with E-state index in [1.165, 1.54) is 7.11 Å². The quantitative estimate of drug-likeness (QED) is 0.767. The molecule has 0 bridgehead atoms. The molecule has 1 heterocycles. The Kier molecular flexibility index (Phi) is 5.95. The van der Waals surface area contributed by atoms with Crippen molar-refractivity contribution >= 4 is 17.8 Å². The molecule has 142 valence electrons. The minimum absolute atomic E-state index is 0.155. The van der Waals surface area contributed by atoms with Gasteiger partial charge in [0.1, 0.15) is 5.60 Å². The summed E-state index contributed by atoms with van der Waals surface area (Å²) in [4.78, 5) is 30.1. The lowest BCUT2D eigenvalue weighted by molar-refractivity contribution is -0.146. The van der Waals surface area contributed by atoms with Crippen LogP contribution < -0.4 is 5.32 Å². The Morgan fingerprint density at radius 1 is 1.32 bits per heavy atom. The molecule has 0 aromatic carbocycles. The fourth-order valence-electron chi connectivity index (χ4n) is 3.78. The molecule has 4 atom stereocenters. The fourth-order valence-corrected chi connectivity index (χ4v) is 3.78. The Bertz CT molecular complexity index is 536. The molecule has 1 fully saturated rings. The second-order valence-electron chi connectivity index (χ2n) is 7.74. The van der Waals surface area contributed by atoms with Crippen LogP contribution >= 0.6 is 0 Å². The summed E-state index contributed by atoms with van der Waals surface area (Å²) < 4.78 is 10.3. The van der Waals surface area contributed by atoms with Gasteiger partial charge in [-0.15, -0.1) is 0 Å². The van der Waals surface area contributed by atoms with E-state index in [1.54, 1.807) is 0 Å². The van der Waals surface area contributed by atoms with Gasteiger partial charge in [0.2, 0.25) is 0 Å². The van der Waals surface area contributed by atoms with Gasteiger partial charge in [0.05, 0.1) is 30.7 Å². The van der Waals surface area contributed by atoms with E-state index >= 15 is 0 Å². The molecule has 2 aliphatic rings. The Morgan fingerprint density at radius 2 is 1.96 bits per heavy atom. The predicted molar refractivity (Wildman–Crippen MR) is 93.2 cm³/mol. The number of rotatable bonds is 5. The highest BCUT2D eigenvalue weighted by atomic mass is 16.6. The standard InChI is InChI=1S/C18H30N2O5/c1-7-10(8-2)14-13-11(16(21)23-6)9-12(15(13)25-20-14)19-17(22)24-18(3,4)5/h10-13,15H,7-9H2,1-6H3,(H,19,22)/t11-,12-,13+,15+/m1/s1. The number of methoxy groups -OCH3 is 1. The molecular formula is C18H30N2O5. The number of esters is 1. The molecule has 25 heavy (non-hydrogen) atoms. The van der Waals surface area contributed by atoms with Crippen LogP contribution in [0.4, 0.5) is 4.79 Å². The number of carbonyl (C=O) groups is 2. The largest absolute Gasteiger partial charge is 0.469 e. The molecule has 0 aromatic heterocycles. The SMILES string of the molecule is CCC(CC)C1=NO[C@@H]2[C@H]1[C@H](C(=O)OC)C[C@H]2NC(=O)OC(C)(C)C. The zero-order chi connectivity index (χ0) is 18.8. The Balaban J connectivity index is 2.17. The Hall–Kier alpha value is -1.79. The van der Waals surface area contributed by atoms with Crippen LogP contribution in [0, 0.1) is 17.8 Å². The molecule has 0 saturated heterocycles. The van der Waals surface area contributed by atoms with Gasteiger partial charge in [0.25, 0.3) is 0 Å². The van der Waals surface area contributed by atoms with E-state index < -0.39 is 11.7 Å². The van der Waals surface area contributed by atoms with Gasteiger partial charge >= 0.3 is 12.1 Å². The molecule has 0 spiro atoms. The summed E-state index contributed by atoms with van der Waals surface area (Å²) in [5, 5.41) is 7.12. The van der Waals surface area contributed by atoms with E-state index in [0.29, 0.717) is 6.42 Å². The summed E-state index contributed by atoms with van der Waals surface area (Å²) in [5.74, 6) is -0.538. The van der Waals surface area contributed by atoms with Crippen molar-refractivity contribution < 1.29 is 23.9 Å². The number of hydrogen-bond donors (Lipinski definition) is 1. The molecule has 7 nitrogen and oxygen atoms in total. The third-order valence-electron chi connectivity index (χ3n) is 4.92. The number of ether oxygens (including phenoxy) is 2. The average molecular weight is 354 g/mol. The molecule has 1 saturated carbocycles. The van der Waals surface area contributed by atoms with Crippen molar-refractivity contribution in [3.63, 3.8) is 0 Å². The minimum atomic E-state index is -0.586. The van der Waals surface area contributed by atoms with Crippen LogP contribution in [0.1, 0.15) is 53.9 Å². The van der Waals surface area contributed by atoms with Crippen LogP contribution in [0.15, 0.2) is 5.16 Å². The van der Waals surface area contributed by atoms with E-state index in [-0.39, 0.29) is 35.9 Å². The zero-order valence-corrected chi connectivity index (χ0v) is 16.0. The summed E-state index contributed by atoms with van der Waals surface area (Å²) in [7, 11) is 1.38. The van der Waals surface area contributed by atoms with E-state index in [9.17, 15) is 9.59 Å². The molecule has 0 aromatic rings. The van der Waals surface area contributed by atoms with Gasteiger partial charge in [-0.2, -0.15) is 0 Å². The zero-order valence-electron chi connectivity index (χ0n) is 16.0. The van der Waals surface area contributed by atoms with Crippen LogP contribution in [-0.4, -0.2) is 42.6 Å². The van der Waals surface area contributed by atoms with E-state index in [2.05, 4.69) is 24.3 Å². The van der Waals surface area contributed by atoms with E-state index in [1.807, 2.05) is 20.8 Å². The van der Waals surface area contributed by atoms with Gasteiger partial charge < -0.3 is 19.6 Å². The molecule has 1 aliphatic carbocycles. The summed E-state index contributed by atoms with van der Waals surface area (Å²) in [6.45, 7) is 9.62. The average Bonchev–Trinajstić information content (AvgIpc) is 3.08. The number of carbonyl (C=O) groups excluding carboxylic acids is 2. The highest BCUT2D eigenvalue weighted by molar-refractivity contribution is 5.94. The van der Waals surface area contributed by atoms with Gasteiger partial charge in [-0.3, -0.25) is 4.79 Å². The summed E-state index contributed by atoms with van der Waals surface area (Å²) in [6.07, 6.45) is 1.45. The molecule has 0 radical (unpaired) electrons. The molecule has 1 N–H and O–H groups in total. The second-order valence-corrected chi connectivity index (χ2v) is 7.74. The third kappa shape index (κ3) is 4.25. The maximum absolute atomic E-state index is 12.3. The monoisotopic (exact) mass is 354 g/mol. The molecule has 0 unspecified atom stereocenters. The van der Waals surface area contributed by atoms with Crippen LogP contribution in [0.3, 0.4) is 0 Å². The van der Waals surface area contributed by atoms with Gasteiger partial charge in [0.15, 0.2) is 6.10 Å². The number of amides is 1. The smallest absolute Gasteiger partial charge is 0.408 e. The lowest BCUT2D eigenvalue weighted by atomic mass is 9.82. The van der Waals surface area contributed by atoms with Crippen molar-refractivity contribution in [1.29, 1.82) is 0 Å². The molecule has 1 aliphatic heterocycles. The minimum Gasteiger partial charge on any atom is -0.469 e. The van der Waals surface area contributed by atoms with Gasteiger partial charge in [-0.05, 0) is 40.0 Å². The number of alkyl carbamates (subject to hydrolysis) is 1. The fraction of sp³-hybridized carbons (Fsp3) is 0.833. The summed E-state index contributed by atoms with van der Waals surface area (Å²) in [5.41, 5.74) is 0.330. The molecule has 2 rings (SSSR count). The van der Waals surface area contributed by atoms with Crippen molar-refractivity contribution in [3.05, 3.63) is 0 Å². The first-order chi connectivity index (χ1) is 11.7. The highest BCUT2D eigenvalue weighted by Gasteiger charge is 2.55. The molecule has 7 heteroatoms. The number of hydrogen-bond acceptors (Lipinski definition) is 6. The first-order valence-corrected chi connectivity index (χ1v) is 9.02. The van der Waals surface area contributed by atoms with Crippen molar-refractivity contribution in [2.24, 2.45) is 22.9 Å². The summed E-state index contributed by atoms with van der Waals surface area (Å²) in [6, 6.07) is -0.334. The first kappa shape index (κ1) is 19.5. The third-order valence-corrected chi connectivity index (χ3v) is 4.92. The number of fused-ring (bicyclic) bond motifs is 1. The Labute approximate surface area is 149 Å². The van der Waals surface area contributed by atoms with Crippen LogP contribution in [0.5, 0.6) is 0 Å². The number of oxime groups is 1. The van der Waals surface area contributed by atoms with Crippen molar-refractivity contribution in [3.8, 4) is 0 Å². The van der Waals surface area contributed by atoms with E-state index in [0.717, 1.165) is 18.6 Å². The topological polar surface area (TPSA) is 86.2 Å². The highest BCUT2D eigenvalue weighted by Crippen LogP contribution is 2.42. The molecule has 1 amide bonds. The summed E-state index contributed by atoms with van der Waals surface area (Å²) >= 11 is 0. The van der Waals surface area contributed by atoms with Crippen LogP contribution in [0.2, 0.25) is 0 Å². The van der Waals surface area contributed by atoms with Crippen molar-refractivity contribution in [2.45, 2.75) is 71.6 Å². The number of nitrogens with zero attached hydrogens (tertiary/aromatic N) is 1. The number of nitrogens with one attached hydrogen (secondary N) is 1. The lowest BCUT2D eigenvalue weighted by Gasteiger charge is -2.23. The predicted octanol–water partition coefficient (Wildman–Crippen LogP) is 2.88. The Morgan fingerprint density at radius 3 is 2.48 bits per heavy atom. The maximum Gasteiger partial charge on any atom is 0.408 e. The molecular weight excluding hydrogens is 324 g/mol. The van der Waals surface area contributed by atoms with Crippen LogP contribution in [0.25, 0.3) is 0 Å². The normalized spacial score (nSPS) is 28.2. The van der Waals surface area contributed by atoms with Crippen molar-refractivity contribution in [2.75, 3.05) is 7.11 Å². The second kappa shape index (κ2) is 7.62. The van der Waals surface area contributed by atoms with Gasteiger partial charge in [-0.25, -0.2) is 4.79 Å². The van der Waals surface area contributed by atoms with Crippen molar-refractivity contribution in [1.82, 2.24) is 5.32 Å². The lowest BCUT2D eigenvalue weighted by Crippen LogP contribution is -2.44. The van der Waals surface area contributed by atoms with E-state index in [4.69, 9.17) is 14.3 Å². The van der Waals surface area contributed by atoms with Crippen LogP contribution in [-0.2, 0) is 19.1 Å². The first-order valence-electron chi connectivity index (χ1n) is 9.02. The maximum atomic E-state index is 12.3.